The number of rotatable bonds is 4. The first kappa shape index (κ1) is 17.9. The molecule has 2 nitrogen and oxygen atoms in total. The van der Waals surface area contributed by atoms with Gasteiger partial charge in [-0.3, -0.25) is 0 Å². The van der Waals surface area contributed by atoms with Crippen molar-refractivity contribution in [3.05, 3.63) is 90.5 Å². The number of amides is 1. The van der Waals surface area contributed by atoms with Crippen molar-refractivity contribution in [1.82, 2.24) is 0 Å². The van der Waals surface area contributed by atoms with E-state index >= 15 is 0 Å². The molecule has 1 saturated heterocycles. The van der Waals surface area contributed by atoms with Crippen LogP contribution in [0.3, 0.4) is 0 Å². The molecule has 1 heterocycles. The van der Waals surface area contributed by atoms with Gasteiger partial charge in [0.2, 0.25) is 0 Å². The van der Waals surface area contributed by atoms with E-state index in [1.807, 2.05) is 12.1 Å². The van der Waals surface area contributed by atoms with Crippen LogP contribution in [-0.4, -0.2) is 18.2 Å². The number of nitrogens with two attached hydrogens (primary N) is 1. The maximum absolute atomic E-state index is 12.5. The number of hydrogen-bond acceptors (Lipinski definition) is 1. The summed E-state index contributed by atoms with van der Waals surface area (Å²) in [5, 5.41) is 3.93. The van der Waals surface area contributed by atoms with Crippen LogP contribution < -0.4 is 21.6 Å². The zero-order chi connectivity index (χ0) is 18.8. The summed E-state index contributed by atoms with van der Waals surface area (Å²) in [7, 11) is 0. The molecule has 0 aliphatic carbocycles. The van der Waals surface area contributed by atoms with Crippen molar-refractivity contribution in [3.8, 4) is 0 Å². The second kappa shape index (κ2) is 6.94. The van der Waals surface area contributed by atoms with Crippen molar-refractivity contribution >= 4 is 28.4 Å². The van der Waals surface area contributed by atoms with E-state index in [0.29, 0.717) is 5.56 Å². The second-order valence-corrected chi connectivity index (χ2v) is 13.0. The third kappa shape index (κ3) is 2.63. The third-order valence-corrected chi connectivity index (χ3v) is 13.6. The average Bonchev–Trinajstić information content (AvgIpc) is 2.75. The van der Waals surface area contributed by atoms with E-state index in [0.717, 1.165) is 12.3 Å². The molecule has 0 atom stereocenters. The van der Waals surface area contributed by atoms with Gasteiger partial charge in [-0.15, -0.1) is 0 Å². The Morgan fingerprint density at radius 1 is 0.667 bits per heavy atom. The molecule has 1 aliphatic rings. The van der Waals surface area contributed by atoms with Crippen LogP contribution >= 0.6 is 6.60 Å². The first-order valence-corrected chi connectivity index (χ1v) is 12.3. The molecule has 0 saturated carbocycles. The Morgan fingerprint density at radius 2 is 1.15 bits per heavy atom. The van der Waals surface area contributed by atoms with Crippen LogP contribution in [0.2, 0.25) is 0 Å². The summed E-state index contributed by atoms with van der Waals surface area (Å²) in [6.45, 7) is -2.78. The van der Waals surface area contributed by atoms with Crippen LogP contribution in [0.25, 0.3) is 0 Å². The molecule has 3 aromatic carbocycles. The van der Waals surface area contributed by atoms with Gasteiger partial charge in [0.05, 0.1) is 0 Å². The van der Waals surface area contributed by atoms with Crippen molar-refractivity contribution in [3.63, 3.8) is 0 Å². The van der Waals surface area contributed by atoms with Crippen LogP contribution in [-0.2, 0) is 0 Å². The third-order valence-electron chi connectivity index (χ3n) is 6.31. The van der Waals surface area contributed by atoms with Crippen molar-refractivity contribution in [1.29, 1.82) is 0 Å². The summed E-state index contributed by atoms with van der Waals surface area (Å²) in [6.07, 6.45) is 5.80. The predicted octanol–water partition coefficient (Wildman–Crippen LogP) is 3.80. The summed E-state index contributed by atoms with van der Waals surface area (Å²) in [5.74, 6) is -0.327. The SMILES string of the molecule is NC(=O)c1ccccc1P1(c2ccccc2)(c2ccccc2)CCCCC1. The van der Waals surface area contributed by atoms with E-state index < -0.39 is 6.60 Å². The van der Waals surface area contributed by atoms with Crippen molar-refractivity contribution in [2.45, 2.75) is 19.3 Å². The Bertz CT molecular complexity index is 903. The topological polar surface area (TPSA) is 43.1 Å². The van der Waals surface area contributed by atoms with Crippen LogP contribution in [0.1, 0.15) is 29.6 Å². The van der Waals surface area contributed by atoms with Gasteiger partial charge in [0.15, 0.2) is 0 Å². The molecule has 0 bridgehead atoms. The van der Waals surface area contributed by atoms with Gasteiger partial charge in [-0.05, 0) is 0 Å². The normalized spacial score (nSPS) is 19.5. The molecule has 1 fully saturated rings. The van der Waals surface area contributed by atoms with E-state index in [1.54, 1.807) is 0 Å². The van der Waals surface area contributed by atoms with Crippen molar-refractivity contribution in [2.24, 2.45) is 5.73 Å². The van der Waals surface area contributed by atoms with E-state index in [9.17, 15) is 4.79 Å². The zero-order valence-corrected chi connectivity index (χ0v) is 16.4. The fourth-order valence-corrected chi connectivity index (χ4v) is 12.6. The molecule has 138 valence electrons. The molecule has 1 amide bonds. The standard InChI is InChI=1S/C24H26NOP/c25-24(26)22-16-8-9-17-23(22)27(18-10-3-11-19-27,20-12-4-1-5-13-20)21-14-6-2-7-15-21/h1-2,4-9,12-17H,3,10-11,18-19H2,(H2,25,26). The molecule has 0 spiro atoms. The van der Waals surface area contributed by atoms with E-state index in [4.69, 9.17) is 5.73 Å². The molecule has 1 aliphatic heterocycles. The zero-order valence-electron chi connectivity index (χ0n) is 15.6. The van der Waals surface area contributed by atoms with Gasteiger partial charge in [-0.25, -0.2) is 0 Å². The summed E-state index contributed by atoms with van der Waals surface area (Å²) >= 11 is 0. The first-order valence-electron chi connectivity index (χ1n) is 9.69. The number of carbonyl (C=O) groups excluding carboxylic acids is 1. The quantitative estimate of drug-likeness (QED) is 0.693. The Balaban J connectivity index is 2.18. The van der Waals surface area contributed by atoms with Crippen molar-refractivity contribution in [2.75, 3.05) is 12.3 Å². The number of benzene rings is 3. The minimum atomic E-state index is -2.78. The Hall–Kier alpha value is -2.44. The number of primary amides is 1. The Kier molecular flexibility index (Phi) is 4.61. The van der Waals surface area contributed by atoms with Crippen LogP contribution in [0.5, 0.6) is 0 Å². The molecule has 27 heavy (non-hydrogen) atoms. The Morgan fingerprint density at radius 3 is 1.67 bits per heavy atom. The van der Waals surface area contributed by atoms with E-state index in [1.165, 1.54) is 35.2 Å². The first-order chi connectivity index (χ1) is 13.2. The van der Waals surface area contributed by atoms with Crippen LogP contribution in [0.15, 0.2) is 84.9 Å². The van der Waals surface area contributed by atoms with Gasteiger partial charge >= 0.3 is 161 Å². The van der Waals surface area contributed by atoms with Gasteiger partial charge in [-0.2, -0.15) is 0 Å². The van der Waals surface area contributed by atoms with Crippen LogP contribution in [0, 0.1) is 0 Å². The second-order valence-electron chi connectivity index (χ2n) is 7.57. The Labute approximate surface area is 161 Å². The number of hydrogen-bond donors (Lipinski definition) is 1. The molecule has 2 N–H and O–H groups in total. The van der Waals surface area contributed by atoms with Crippen molar-refractivity contribution < 1.29 is 4.79 Å². The molecule has 0 radical (unpaired) electrons. The summed E-state index contributed by atoms with van der Waals surface area (Å²) in [5.41, 5.74) is 6.56. The summed E-state index contributed by atoms with van der Waals surface area (Å²) in [4.78, 5) is 12.5. The molecular formula is C24H26NOP. The average molecular weight is 375 g/mol. The molecule has 3 heteroatoms. The van der Waals surface area contributed by atoms with Gasteiger partial charge < -0.3 is 0 Å². The van der Waals surface area contributed by atoms with Gasteiger partial charge in [0.25, 0.3) is 0 Å². The number of carbonyl (C=O) groups is 1. The predicted molar refractivity (Wildman–Crippen MR) is 117 cm³/mol. The fourth-order valence-electron chi connectivity index (χ4n) is 5.12. The van der Waals surface area contributed by atoms with Crippen LogP contribution in [0.4, 0.5) is 0 Å². The van der Waals surface area contributed by atoms with Gasteiger partial charge in [0.1, 0.15) is 0 Å². The molecule has 4 rings (SSSR count). The molecule has 3 aromatic rings. The summed E-state index contributed by atoms with van der Waals surface area (Å²) in [6, 6.07) is 29.8. The monoisotopic (exact) mass is 375 g/mol. The fraction of sp³-hybridized carbons (Fsp3) is 0.208. The molecule has 0 unspecified atom stereocenters. The minimum absolute atomic E-state index is 0.327. The molecule has 0 aromatic heterocycles. The maximum atomic E-state index is 12.5. The molecular weight excluding hydrogens is 349 g/mol. The van der Waals surface area contributed by atoms with E-state index in [-0.39, 0.29) is 5.91 Å². The van der Waals surface area contributed by atoms with Gasteiger partial charge in [0, 0.05) is 0 Å². The van der Waals surface area contributed by atoms with E-state index in [2.05, 4.69) is 72.8 Å². The van der Waals surface area contributed by atoms with Gasteiger partial charge in [-0.1, -0.05) is 0 Å². The summed E-state index contributed by atoms with van der Waals surface area (Å²) < 4.78 is 0.